The second-order valence-corrected chi connectivity index (χ2v) is 4.66. The van der Waals surface area contributed by atoms with E-state index in [1.54, 1.807) is 0 Å². The average Bonchev–Trinajstić information content (AvgIpc) is 2.34. The molecular formula is C13H21ClN2O2. The van der Waals surface area contributed by atoms with Gasteiger partial charge in [0.1, 0.15) is 0 Å². The van der Waals surface area contributed by atoms with Crippen molar-refractivity contribution in [2.45, 2.75) is 12.8 Å². The van der Waals surface area contributed by atoms with Crippen molar-refractivity contribution in [2.75, 3.05) is 38.6 Å². The normalized spacial score (nSPS) is 11.1. The molecule has 1 rings (SSSR count). The van der Waals surface area contributed by atoms with Gasteiger partial charge < -0.3 is 15.9 Å². The number of nitrogens with two attached hydrogens (primary N) is 1. The van der Waals surface area contributed by atoms with Crippen LogP contribution in [-0.2, 0) is 6.42 Å². The van der Waals surface area contributed by atoms with E-state index < -0.39 is 0 Å². The molecule has 0 atom stereocenters. The van der Waals surface area contributed by atoms with Crippen LogP contribution in [0.1, 0.15) is 12.0 Å². The molecule has 4 nitrogen and oxygen atoms in total. The summed E-state index contributed by atoms with van der Waals surface area (Å²) >= 11 is 5.86. The van der Waals surface area contributed by atoms with Gasteiger partial charge in [0.05, 0.1) is 23.9 Å². The summed E-state index contributed by atoms with van der Waals surface area (Å²) in [5.74, 6) is 0. The first-order chi connectivity index (χ1) is 8.67. The molecule has 0 saturated carbocycles. The lowest BCUT2D eigenvalue weighted by Crippen LogP contribution is -2.31. The number of benzene rings is 1. The zero-order chi connectivity index (χ0) is 13.4. The summed E-state index contributed by atoms with van der Waals surface area (Å²) in [7, 11) is 0. The maximum Gasteiger partial charge on any atom is 0.0635 e. The minimum Gasteiger partial charge on any atom is -0.398 e. The number of nitrogen functional groups attached to an aromatic ring is 1. The largest absolute Gasteiger partial charge is 0.398 e. The van der Waals surface area contributed by atoms with Crippen molar-refractivity contribution in [3.8, 4) is 0 Å². The lowest BCUT2D eigenvalue weighted by atomic mass is 10.1. The third-order valence-corrected chi connectivity index (χ3v) is 3.18. The molecule has 0 spiro atoms. The first kappa shape index (κ1) is 15.2. The Balaban J connectivity index is 2.37. The number of halogens is 1. The van der Waals surface area contributed by atoms with Gasteiger partial charge >= 0.3 is 0 Å². The van der Waals surface area contributed by atoms with Crippen LogP contribution in [0.3, 0.4) is 0 Å². The monoisotopic (exact) mass is 272 g/mol. The standard InChI is InChI=1S/C13H21ClN2O2/c14-12-4-3-11(10-13(12)15)2-1-5-16(6-8-17)7-9-18/h3-4,10,17-18H,1-2,5-9,15H2. The molecule has 0 bridgehead atoms. The quantitative estimate of drug-likeness (QED) is 0.621. The zero-order valence-electron chi connectivity index (χ0n) is 10.5. The Labute approximate surface area is 113 Å². The number of aryl methyl sites for hydroxylation is 1. The van der Waals surface area contributed by atoms with Crippen molar-refractivity contribution in [3.05, 3.63) is 28.8 Å². The highest BCUT2D eigenvalue weighted by atomic mass is 35.5. The fraction of sp³-hybridized carbons (Fsp3) is 0.538. The van der Waals surface area contributed by atoms with Crippen LogP contribution < -0.4 is 5.73 Å². The molecule has 1 aromatic rings. The molecule has 0 aliphatic rings. The molecule has 0 radical (unpaired) electrons. The summed E-state index contributed by atoms with van der Waals surface area (Å²) in [5, 5.41) is 18.4. The molecule has 0 fully saturated rings. The van der Waals surface area contributed by atoms with E-state index in [1.165, 1.54) is 0 Å². The third-order valence-electron chi connectivity index (χ3n) is 2.83. The van der Waals surface area contributed by atoms with Crippen LogP contribution in [0.25, 0.3) is 0 Å². The summed E-state index contributed by atoms with van der Waals surface area (Å²) in [4.78, 5) is 2.04. The van der Waals surface area contributed by atoms with E-state index in [-0.39, 0.29) is 13.2 Å². The van der Waals surface area contributed by atoms with Gasteiger partial charge in [-0.2, -0.15) is 0 Å². The van der Waals surface area contributed by atoms with Gasteiger partial charge in [-0.25, -0.2) is 0 Å². The van der Waals surface area contributed by atoms with E-state index in [9.17, 15) is 0 Å². The van der Waals surface area contributed by atoms with Gasteiger partial charge in [0.25, 0.3) is 0 Å². The van der Waals surface area contributed by atoms with Gasteiger partial charge in [0.2, 0.25) is 0 Å². The average molecular weight is 273 g/mol. The van der Waals surface area contributed by atoms with Crippen LogP contribution in [0.2, 0.25) is 5.02 Å². The smallest absolute Gasteiger partial charge is 0.0635 e. The van der Waals surface area contributed by atoms with Gasteiger partial charge in [0, 0.05) is 13.1 Å². The van der Waals surface area contributed by atoms with E-state index in [1.807, 2.05) is 23.1 Å². The number of aliphatic hydroxyl groups excluding tert-OH is 2. The van der Waals surface area contributed by atoms with Gasteiger partial charge in [-0.15, -0.1) is 0 Å². The minimum atomic E-state index is 0.119. The Morgan fingerprint density at radius 3 is 2.33 bits per heavy atom. The fourth-order valence-corrected chi connectivity index (χ4v) is 1.99. The van der Waals surface area contributed by atoms with E-state index in [2.05, 4.69) is 0 Å². The number of aliphatic hydroxyl groups is 2. The lowest BCUT2D eigenvalue weighted by Gasteiger charge is -2.19. The molecule has 0 aromatic heterocycles. The maximum absolute atomic E-state index is 8.89. The molecule has 4 N–H and O–H groups in total. The highest BCUT2D eigenvalue weighted by Gasteiger charge is 2.04. The highest BCUT2D eigenvalue weighted by molar-refractivity contribution is 6.33. The van der Waals surface area contributed by atoms with Gasteiger partial charge in [-0.1, -0.05) is 17.7 Å². The van der Waals surface area contributed by atoms with Crippen molar-refractivity contribution < 1.29 is 10.2 Å². The van der Waals surface area contributed by atoms with Crippen LogP contribution in [0.4, 0.5) is 5.69 Å². The van der Waals surface area contributed by atoms with Crippen molar-refractivity contribution >= 4 is 17.3 Å². The van der Waals surface area contributed by atoms with E-state index >= 15 is 0 Å². The SMILES string of the molecule is Nc1cc(CCCN(CCO)CCO)ccc1Cl. The summed E-state index contributed by atoms with van der Waals surface area (Å²) in [6.45, 7) is 2.29. The van der Waals surface area contributed by atoms with Gasteiger partial charge in [-0.3, -0.25) is 4.90 Å². The number of nitrogens with zero attached hydrogens (tertiary/aromatic N) is 1. The first-order valence-electron chi connectivity index (χ1n) is 6.15. The van der Waals surface area contributed by atoms with Crippen LogP contribution in [0.5, 0.6) is 0 Å². The molecule has 0 unspecified atom stereocenters. The number of hydrogen-bond acceptors (Lipinski definition) is 4. The molecule has 1 aromatic carbocycles. The minimum absolute atomic E-state index is 0.119. The Morgan fingerprint density at radius 1 is 1.11 bits per heavy atom. The van der Waals surface area contributed by atoms with E-state index in [4.69, 9.17) is 27.5 Å². The molecule has 5 heteroatoms. The number of hydrogen-bond donors (Lipinski definition) is 3. The molecule has 18 heavy (non-hydrogen) atoms. The molecule has 0 aliphatic heterocycles. The molecule has 0 heterocycles. The molecule has 0 aliphatic carbocycles. The third kappa shape index (κ3) is 5.23. The topological polar surface area (TPSA) is 69.7 Å². The predicted octanol–water partition coefficient (Wildman–Crippen LogP) is 1.14. The Kier molecular flexibility index (Phi) is 7.05. The first-order valence-corrected chi connectivity index (χ1v) is 6.53. The zero-order valence-corrected chi connectivity index (χ0v) is 11.2. The Morgan fingerprint density at radius 2 is 1.78 bits per heavy atom. The van der Waals surface area contributed by atoms with Crippen LogP contribution in [-0.4, -0.2) is 48.0 Å². The number of rotatable bonds is 8. The molecule has 0 amide bonds. The van der Waals surface area contributed by atoms with Gasteiger partial charge in [-0.05, 0) is 37.1 Å². The summed E-state index contributed by atoms with van der Waals surface area (Å²) < 4.78 is 0. The summed E-state index contributed by atoms with van der Waals surface area (Å²) in [5.41, 5.74) is 7.50. The summed E-state index contributed by atoms with van der Waals surface area (Å²) in [6, 6.07) is 5.68. The van der Waals surface area contributed by atoms with Crippen LogP contribution >= 0.6 is 11.6 Å². The fourth-order valence-electron chi connectivity index (χ4n) is 1.87. The summed E-state index contributed by atoms with van der Waals surface area (Å²) in [6.07, 6.45) is 1.87. The van der Waals surface area contributed by atoms with Crippen molar-refractivity contribution in [1.29, 1.82) is 0 Å². The van der Waals surface area contributed by atoms with Crippen molar-refractivity contribution in [2.24, 2.45) is 0 Å². The molecular weight excluding hydrogens is 252 g/mol. The molecule has 0 saturated heterocycles. The van der Waals surface area contributed by atoms with Gasteiger partial charge in [0.15, 0.2) is 0 Å². The predicted molar refractivity (Wildman–Crippen MR) is 74.8 cm³/mol. The van der Waals surface area contributed by atoms with Crippen LogP contribution in [0, 0.1) is 0 Å². The Bertz CT molecular complexity index is 355. The molecule has 102 valence electrons. The lowest BCUT2D eigenvalue weighted by molar-refractivity contribution is 0.160. The number of anilines is 1. The van der Waals surface area contributed by atoms with Crippen LogP contribution in [0.15, 0.2) is 18.2 Å². The Hall–Kier alpha value is -0.810. The van der Waals surface area contributed by atoms with E-state index in [0.29, 0.717) is 23.8 Å². The second kappa shape index (κ2) is 8.32. The van der Waals surface area contributed by atoms with E-state index in [0.717, 1.165) is 24.9 Å². The second-order valence-electron chi connectivity index (χ2n) is 4.25. The highest BCUT2D eigenvalue weighted by Crippen LogP contribution is 2.20. The maximum atomic E-state index is 8.89. The van der Waals surface area contributed by atoms with Crippen molar-refractivity contribution in [3.63, 3.8) is 0 Å². The van der Waals surface area contributed by atoms with Crippen molar-refractivity contribution in [1.82, 2.24) is 4.90 Å².